The summed E-state index contributed by atoms with van der Waals surface area (Å²) in [5.74, 6) is 0.921. The second-order valence-corrected chi connectivity index (χ2v) is 6.68. The van der Waals surface area contributed by atoms with Crippen LogP contribution in [-0.4, -0.2) is 52.2 Å². The summed E-state index contributed by atoms with van der Waals surface area (Å²) < 4.78 is 47.7. The molecular weight excluding hydrogens is 369 g/mol. The molecule has 0 aliphatic carbocycles. The van der Waals surface area contributed by atoms with Crippen molar-refractivity contribution in [1.82, 2.24) is 19.3 Å². The molecular formula is C15H19F3N6OS. The van der Waals surface area contributed by atoms with Crippen LogP contribution in [0.3, 0.4) is 0 Å². The Labute approximate surface area is 152 Å². The quantitative estimate of drug-likeness (QED) is 0.815. The predicted octanol–water partition coefficient (Wildman–Crippen LogP) is 2.62. The third-order valence-corrected chi connectivity index (χ3v) is 4.80. The summed E-state index contributed by atoms with van der Waals surface area (Å²) in [5.41, 5.74) is -0.949. The molecule has 0 spiro atoms. The standard InChI is InChI=1S/C15H19F3N6OS/c1-25-6-4-12-22-14(26-23-12)24-5-2-3-10(8-24)21-13-7-11(15(16,17)18)19-9-20-13/h7,9-10H,2-6,8H2,1H3,(H,19,20,21). The first-order chi connectivity index (χ1) is 12.5. The van der Waals surface area contributed by atoms with Crippen molar-refractivity contribution in [3.05, 3.63) is 23.9 Å². The maximum Gasteiger partial charge on any atom is 0.433 e. The average molecular weight is 388 g/mol. The van der Waals surface area contributed by atoms with Crippen LogP contribution in [0, 0.1) is 0 Å². The molecule has 1 N–H and O–H groups in total. The topological polar surface area (TPSA) is 76.1 Å². The highest BCUT2D eigenvalue weighted by atomic mass is 32.1. The van der Waals surface area contributed by atoms with Crippen LogP contribution in [0.15, 0.2) is 12.4 Å². The lowest BCUT2D eigenvalue weighted by atomic mass is 10.1. The molecule has 1 saturated heterocycles. The fraction of sp³-hybridized carbons (Fsp3) is 0.600. The lowest BCUT2D eigenvalue weighted by Gasteiger charge is -2.33. The molecule has 26 heavy (non-hydrogen) atoms. The molecule has 0 bridgehead atoms. The number of hydrogen-bond donors (Lipinski definition) is 1. The molecule has 3 heterocycles. The molecule has 0 aromatic carbocycles. The van der Waals surface area contributed by atoms with Gasteiger partial charge in [0.05, 0.1) is 6.61 Å². The number of rotatable bonds is 6. The van der Waals surface area contributed by atoms with Crippen molar-refractivity contribution < 1.29 is 17.9 Å². The summed E-state index contributed by atoms with van der Waals surface area (Å²) in [6.45, 7) is 2.04. The second-order valence-electron chi connectivity index (χ2n) is 5.95. The Hall–Kier alpha value is -2.01. The maximum atomic E-state index is 12.8. The van der Waals surface area contributed by atoms with Gasteiger partial charge in [0.1, 0.15) is 23.7 Å². The van der Waals surface area contributed by atoms with Crippen LogP contribution in [0.2, 0.25) is 0 Å². The summed E-state index contributed by atoms with van der Waals surface area (Å²) in [6.07, 6.45) is -1.15. The SMILES string of the molecule is COCCc1nsc(N2CCCC(Nc3cc(C(F)(F)F)ncn3)C2)n1. The zero-order valence-electron chi connectivity index (χ0n) is 14.2. The number of methoxy groups -OCH3 is 1. The highest BCUT2D eigenvalue weighted by Gasteiger charge is 2.33. The number of ether oxygens (including phenoxy) is 1. The molecule has 0 saturated carbocycles. The van der Waals surface area contributed by atoms with Gasteiger partial charge in [-0.05, 0) is 12.8 Å². The number of hydrogen-bond acceptors (Lipinski definition) is 8. The van der Waals surface area contributed by atoms with Crippen molar-refractivity contribution in [3.63, 3.8) is 0 Å². The highest BCUT2D eigenvalue weighted by molar-refractivity contribution is 7.09. The number of aromatic nitrogens is 4. The zero-order chi connectivity index (χ0) is 18.6. The van der Waals surface area contributed by atoms with Crippen LogP contribution in [0.4, 0.5) is 24.1 Å². The van der Waals surface area contributed by atoms with Crippen molar-refractivity contribution >= 4 is 22.5 Å². The Morgan fingerprint density at radius 1 is 1.38 bits per heavy atom. The Balaban J connectivity index is 1.63. The zero-order valence-corrected chi connectivity index (χ0v) is 15.0. The molecule has 3 rings (SSSR count). The van der Waals surface area contributed by atoms with Crippen molar-refractivity contribution in [1.29, 1.82) is 0 Å². The molecule has 1 aliphatic rings. The molecule has 0 amide bonds. The minimum atomic E-state index is -4.48. The van der Waals surface area contributed by atoms with Gasteiger partial charge in [-0.2, -0.15) is 17.5 Å². The van der Waals surface area contributed by atoms with Crippen molar-refractivity contribution in [3.8, 4) is 0 Å². The first kappa shape index (κ1) is 18.8. The molecule has 1 aliphatic heterocycles. The summed E-state index contributed by atoms with van der Waals surface area (Å²) in [7, 11) is 1.63. The first-order valence-electron chi connectivity index (χ1n) is 8.18. The van der Waals surface area contributed by atoms with E-state index in [1.54, 1.807) is 7.11 Å². The number of piperidine rings is 1. The van der Waals surface area contributed by atoms with Crippen LogP contribution >= 0.6 is 11.5 Å². The van der Waals surface area contributed by atoms with E-state index in [-0.39, 0.29) is 11.9 Å². The number of alkyl halides is 3. The van der Waals surface area contributed by atoms with Crippen LogP contribution in [0.25, 0.3) is 0 Å². The summed E-state index contributed by atoms with van der Waals surface area (Å²) in [6, 6.07) is 0.915. The summed E-state index contributed by atoms with van der Waals surface area (Å²) in [4.78, 5) is 13.8. The van der Waals surface area contributed by atoms with Gasteiger partial charge >= 0.3 is 6.18 Å². The molecule has 0 radical (unpaired) electrons. The van der Waals surface area contributed by atoms with E-state index in [2.05, 4.69) is 29.5 Å². The van der Waals surface area contributed by atoms with Gasteiger partial charge in [-0.3, -0.25) is 0 Å². The predicted molar refractivity (Wildman–Crippen MR) is 91.4 cm³/mol. The van der Waals surface area contributed by atoms with Crippen LogP contribution in [-0.2, 0) is 17.3 Å². The van der Waals surface area contributed by atoms with E-state index in [0.29, 0.717) is 19.6 Å². The third-order valence-electron chi connectivity index (χ3n) is 3.99. The van der Waals surface area contributed by atoms with E-state index in [0.717, 1.165) is 42.7 Å². The highest BCUT2D eigenvalue weighted by Crippen LogP contribution is 2.29. The van der Waals surface area contributed by atoms with Crippen molar-refractivity contribution in [2.75, 3.05) is 37.0 Å². The summed E-state index contributed by atoms with van der Waals surface area (Å²) >= 11 is 1.33. The van der Waals surface area contributed by atoms with Gasteiger partial charge in [0.2, 0.25) is 5.13 Å². The molecule has 1 atom stereocenters. The van der Waals surface area contributed by atoms with E-state index in [9.17, 15) is 13.2 Å². The fourth-order valence-corrected chi connectivity index (χ4v) is 3.48. The van der Waals surface area contributed by atoms with Gasteiger partial charge < -0.3 is 15.0 Å². The monoisotopic (exact) mass is 388 g/mol. The van der Waals surface area contributed by atoms with E-state index in [1.165, 1.54) is 11.5 Å². The Morgan fingerprint density at radius 3 is 3.00 bits per heavy atom. The smallest absolute Gasteiger partial charge is 0.384 e. The molecule has 11 heteroatoms. The van der Waals surface area contributed by atoms with Gasteiger partial charge in [-0.1, -0.05) is 0 Å². The molecule has 2 aromatic heterocycles. The van der Waals surface area contributed by atoms with E-state index in [1.807, 2.05) is 0 Å². The lowest BCUT2D eigenvalue weighted by molar-refractivity contribution is -0.141. The van der Waals surface area contributed by atoms with Crippen LogP contribution < -0.4 is 10.2 Å². The second kappa shape index (κ2) is 8.12. The van der Waals surface area contributed by atoms with E-state index in [4.69, 9.17) is 4.74 Å². The minimum absolute atomic E-state index is 0.0222. The fourth-order valence-electron chi connectivity index (χ4n) is 2.74. The Morgan fingerprint density at radius 2 is 2.23 bits per heavy atom. The minimum Gasteiger partial charge on any atom is -0.384 e. The van der Waals surface area contributed by atoms with Crippen LogP contribution in [0.5, 0.6) is 0 Å². The van der Waals surface area contributed by atoms with E-state index < -0.39 is 11.9 Å². The Bertz CT molecular complexity index is 725. The van der Waals surface area contributed by atoms with Crippen molar-refractivity contribution in [2.45, 2.75) is 31.5 Å². The lowest BCUT2D eigenvalue weighted by Crippen LogP contribution is -2.42. The molecule has 142 valence electrons. The van der Waals surface area contributed by atoms with Crippen molar-refractivity contribution in [2.24, 2.45) is 0 Å². The molecule has 1 fully saturated rings. The van der Waals surface area contributed by atoms with Gasteiger partial charge in [-0.15, -0.1) is 0 Å². The summed E-state index contributed by atoms with van der Waals surface area (Å²) in [5, 5.41) is 3.90. The molecule has 7 nitrogen and oxygen atoms in total. The first-order valence-corrected chi connectivity index (χ1v) is 8.95. The normalized spacial score (nSPS) is 18.2. The van der Waals surface area contributed by atoms with Gasteiger partial charge in [0, 0.05) is 50.3 Å². The maximum absolute atomic E-state index is 12.8. The number of nitrogens with zero attached hydrogens (tertiary/aromatic N) is 5. The third kappa shape index (κ3) is 4.79. The van der Waals surface area contributed by atoms with Gasteiger partial charge in [0.25, 0.3) is 0 Å². The Kier molecular flexibility index (Phi) is 5.87. The van der Waals surface area contributed by atoms with Crippen LogP contribution in [0.1, 0.15) is 24.4 Å². The number of anilines is 2. The average Bonchev–Trinajstić information content (AvgIpc) is 3.09. The van der Waals surface area contributed by atoms with Gasteiger partial charge in [-0.25, -0.2) is 15.0 Å². The number of halogens is 3. The molecule has 2 aromatic rings. The van der Waals surface area contributed by atoms with E-state index >= 15 is 0 Å². The molecule has 1 unspecified atom stereocenters. The number of nitrogens with one attached hydrogen (secondary N) is 1. The largest absolute Gasteiger partial charge is 0.433 e. The van der Waals surface area contributed by atoms with Gasteiger partial charge in [0.15, 0.2) is 0 Å².